The number of hydrogen-bond donors (Lipinski definition) is 3. The summed E-state index contributed by atoms with van der Waals surface area (Å²) in [6, 6.07) is 7.15. The smallest absolute Gasteiger partial charge is 0.315 e. The molecule has 21 heavy (non-hydrogen) atoms. The van der Waals surface area contributed by atoms with Crippen molar-refractivity contribution in [3.05, 3.63) is 29.8 Å². The lowest BCUT2D eigenvalue weighted by atomic mass is 10.2. The lowest BCUT2D eigenvalue weighted by molar-refractivity contribution is -0.136. The van der Waals surface area contributed by atoms with Crippen molar-refractivity contribution in [1.82, 2.24) is 10.6 Å². The Morgan fingerprint density at radius 3 is 2.81 bits per heavy atom. The van der Waals surface area contributed by atoms with Crippen molar-refractivity contribution in [3.8, 4) is 5.75 Å². The molecule has 0 fully saturated rings. The minimum Gasteiger partial charge on any atom is -0.494 e. The molecule has 0 bridgehead atoms. The predicted molar refractivity (Wildman–Crippen MR) is 79.3 cm³/mol. The number of amides is 2. The highest BCUT2D eigenvalue weighted by Crippen LogP contribution is 2.13. The van der Waals surface area contributed by atoms with E-state index in [0.29, 0.717) is 13.2 Å². The molecule has 1 aromatic rings. The SMILES string of the molecule is CCCCOc1cccc(CNC(=O)NCCC(=O)O)c1. The van der Waals surface area contributed by atoms with Crippen molar-refractivity contribution >= 4 is 12.0 Å². The first-order chi connectivity index (χ1) is 10.1. The summed E-state index contributed by atoms with van der Waals surface area (Å²) in [4.78, 5) is 21.8. The standard InChI is InChI=1S/C15H22N2O4/c1-2-3-9-21-13-6-4-5-12(10-13)11-17-15(20)16-8-7-14(18)19/h4-6,10H,2-3,7-9,11H2,1H3,(H,18,19)(H2,16,17,20). The van der Waals surface area contributed by atoms with Gasteiger partial charge in [0.05, 0.1) is 13.0 Å². The van der Waals surface area contributed by atoms with Gasteiger partial charge < -0.3 is 20.5 Å². The molecular formula is C15H22N2O4. The third-order valence-electron chi connectivity index (χ3n) is 2.74. The summed E-state index contributed by atoms with van der Waals surface area (Å²) < 4.78 is 5.59. The lowest BCUT2D eigenvalue weighted by Gasteiger charge is -2.09. The Balaban J connectivity index is 2.32. The Kier molecular flexibility index (Phi) is 7.71. The van der Waals surface area contributed by atoms with E-state index >= 15 is 0 Å². The average molecular weight is 294 g/mol. The van der Waals surface area contributed by atoms with E-state index in [2.05, 4.69) is 17.6 Å². The van der Waals surface area contributed by atoms with Gasteiger partial charge in [0.15, 0.2) is 0 Å². The molecule has 0 unspecified atom stereocenters. The van der Waals surface area contributed by atoms with Gasteiger partial charge in [0, 0.05) is 13.1 Å². The quantitative estimate of drug-likeness (QED) is 0.609. The molecule has 0 atom stereocenters. The summed E-state index contributed by atoms with van der Waals surface area (Å²) in [5, 5.41) is 13.6. The minimum absolute atomic E-state index is 0.0891. The van der Waals surface area contributed by atoms with Crippen molar-refractivity contribution < 1.29 is 19.4 Å². The van der Waals surface area contributed by atoms with Gasteiger partial charge in [-0.3, -0.25) is 4.79 Å². The highest BCUT2D eigenvalue weighted by molar-refractivity contribution is 5.74. The molecule has 0 heterocycles. The van der Waals surface area contributed by atoms with Crippen LogP contribution in [0.2, 0.25) is 0 Å². The molecule has 116 valence electrons. The predicted octanol–water partition coefficient (Wildman–Crippen LogP) is 2.14. The second-order valence-corrected chi connectivity index (χ2v) is 4.60. The zero-order valence-corrected chi connectivity index (χ0v) is 12.2. The number of carboxylic acids is 1. The van der Waals surface area contributed by atoms with Crippen molar-refractivity contribution in [2.24, 2.45) is 0 Å². The first-order valence-electron chi connectivity index (χ1n) is 7.07. The van der Waals surface area contributed by atoms with Crippen molar-refractivity contribution in [3.63, 3.8) is 0 Å². The van der Waals surface area contributed by atoms with Crippen LogP contribution in [0.25, 0.3) is 0 Å². The van der Waals surface area contributed by atoms with Crippen LogP contribution in [0.5, 0.6) is 5.75 Å². The molecule has 0 aliphatic carbocycles. The number of carbonyl (C=O) groups is 2. The second-order valence-electron chi connectivity index (χ2n) is 4.60. The van der Waals surface area contributed by atoms with Gasteiger partial charge >= 0.3 is 12.0 Å². The third-order valence-corrected chi connectivity index (χ3v) is 2.74. The molecule has 0 aromatic heterocycles. The summed E-state index contributed by atoms with van der Waals surface area (Å²) >= 11 is 0. The summed E-state index contributed by atoms with van der Waals surface area (Å²) in [6.07, 6.45) is 2.00. The highest BCUT2D eigenvalue weighted by Gasteiger charge is 2.03. The molecule has 1 rings (SSSR count). The maximum Gasteiger partial charge on any atom is 0.315 e. The Hall–Kier alpha value is -2.24. The maximum absolute atomic E-state index is 11.4. The van der Waals surface area contributed by atoms with Gasteiger partial charge in [-0.2, -0.15) is 0 Å². The number of nitrogens with one attached hydrogen (secondary N) is 2. The van der Waals surface area contributed by atoms with E-state index in [1.807, 2.05) is 24.3 Å². The van der Waals surface area contributed by atoms with Crippen molar-refractivity contribution in [2.75, 3.05) is 13.2 Å². The van der Waals surface area contributed by atoms with Gasteiger partial charge in [0.25, 0.3) is 0 Å². The molecule has 0 radical (unpaired) electrons. The van der Waals surface area contributed by atoms with E-state index in [1.54, 1.807) is 0 Å². The van der Waals surface area contributed by atoms with Crippen LogP contribution in [0.3, 0.4) is 0 Å². The Morgan fingerprint density at radius 2 is 2.10 bits per heavy atom. The Labute approximate surface area is 124 Å². The van der Waals surface area contributed by atoms with E-state index < -0.39 is 5.97 Å². The fraction of sp³-hybridized carbons (Fsp3) is 0.467. The van der Waals surface area contributed by atoms with Crippen molar-refractivity contribution in [2.45, 2.75) is 32.7 Å². The average Bonchev–Trinajstić information content (AvgIpc) is 2.45. The van der Waals surface area contributed by atoms with Crippen LogP contribution in [-0.2, 0) is 11.3 Å². The summed E-state index contributed by atoms with van der Waals surface area (Å²) in [6.45, 7) is 3.26. The largest absolute Gasteiger partial charge is 0.494 e. The molecule has 6 heteroatoms. The molecule has 2 amide bonds. The number of unbranched alkanes of at least 4 members (excludes halogenated alkanes) is 1. The molecule has 1 aromatic carbocycles. The minimum atomic E-state index is -0.938. The number of carboxylic acid groups (broad SMARTS) is 1. The summed E-state index contributed by atoms with van der Waals surface area (Å²) in [5.74, 6) is -0.152. The number of rotatable bonds is 9. The Bertz CT molecular complexity index is 463. The lowest BCUT2D eigenvalue weighted by Crippen LogP contribution is -2.36. The number of urea groups is 1. The summed E-state index contributed by atoms with van der Waals surface area (Å²) in [5.41, 5.74) is 0.928. The van der Waals surface area contributed by atoms with Gasteiger partial charge in [-0.05, 0) is 24.1 Å². The fourth-order valence-corrected chi connectivity index (χ4v) is 1.61. The van der Waals surface area contributed by atoms with Crippen LogP contribution < -0.4 is 15.4 Å². The van der Waals surface area contributed by atoms with Crippen LogP contribution in [-0.4, -0.2) is 30.3 Å². The maximum atomic E-state index is 11.4. The molecule has 0 spiro atoms. The normalized spacial score (nSPS) is 9.95. The fourth-order valence-electron chi connectivity index (χ4n) is 1.61. The van der Waals surface area contributed by atoms with E-state index in [-0.39, 0.29) is 19.0 Å². The van der Waals surface area contributed by atoms with Crippen LogP contribution in [0, 0.1) is 0 Å². The number of carbonyl (C=O) groups excluding carboxylic acids is 1. The Morgan fingerprint density at radius 1 is 1.29 bits per heavy atom. The summed E-state index contributed by atoms with van der Waals surface area (Å²) in [7, 11) is 0. The van der Waals surface area contributed by atoms with Crippen LogP contribution in [0.4, 0.5) is 4.79 Å². The first kappa shape index (κ1) is 16.8. The van der Waals surface area contributed by atoms with Gasteiger partial charge in [-0.1, -0.05) is 25.5 Å². The highest BCUT2D eigenvalue weighted by atomic mass is 16.5. The molecule has 3 N–H and O–H groups in total. The van der Waals surface area contributed by atoms with E-state index in [1.165, 1.54) is 0 Å². The second kappa shape index (κ2) is 9.63. The van der Waals surface area contributed by atoms with Crippen LogP contribution in [0.15, 0.2) is 24.3 Å². The number of aliphatic carboxylic acids is 1. The molecule has 0 saturated heterocycles. The topological polar surface area (TPSA) is 87.7 Å². The van der Waals surface area contributed by atoms with Crippen molar-refractivity contribution in [1.29, 1.82) is 0 Å². The van der Waals surface area contributed by atoms with E-state index in [4.69, 9.17) is 9.84 Å². The van der Waals surface area contributed by atoms with Gasteiger partial charge in [-0.15, -0.1) is 0 Å². The molecular weight excluding hydrogens is 272 g/mol. The van der Waals surface area contributed by atoms with Crippen LogP contribution in [0.1, 0.15) is 31.7 Å². The van der Waals surface area contributed by atoms with E-state index in [0.717, 1.165) is 24.2 Å². The first-order valence-corrected chi connectivity index (χ1v) is 7.07. The van der Waals surface area contributed by atoms with Gasteiger partial charge in [0.2, 0.25) is 0 Å². The molecule has 6 nitrogen and oxygen atoms in total. The monoisotopic (exact) mass is 294 g/mol. The van der Waals surface area contributed by atoms with Crippen LogP contribution >= 0.6 is 0 Å². The van der Waals surface area contributed by atoms with Gasteiger partial charge in [0.1, 0.15) is 5.75 Å². The number of hydrogen-bond acceptors (Lipinski definition) is 3. The molecule has 0 aliphatic rings. The number of ether oxygens (including phenoxy) is 1. The zero-order valence-electron chi connectivity index (χ0n) is 12.2. The zero-order chi connectivity index (χ0) is 15.5. The molecule has 0 aliphatic heterocycles. The van der Waals surface area contributed by atoms with E-state index in [9.17, 15) is 9.59 Å². The van der Waals surface area contributed by atoms with Gasteiger partial charge in [-0.25, -0.2) is 4.79 Å². The number of benzene rings is 1. The third kappa shape index (κ3) is 7.81. The molecule has 0 saturated carbocycles.